The third kappa shape index (κ3) is 3.06. The molecule has 0 atom stereocenters. The van der Waals surface area contributed by atoms with Crippen LogP contribution < -0.4 is 0 Å². The predicted molar refractivity (Wildman–Crippen MR) is 77.8 cm³/mol. The summed E-state index contributed by atoms with van der Waals surface area (Å²) in [6.07, 6.45) is 3.01. The Morgan fingerprint density at radius 2 is 1.89 bits per heavy atom. The van der Waals surface area contributed by atoms with Gasteiger partial charge in [-0.2, -0.15) is 5.10 Å². The largest absolute Gasteiger partial charge is 0.271 e. The quantitative estimate of drug-likeness (QED) is 0.780. The van der Waals surface area contributed by atoms with Gasteiger partial charge in [-0.15, -0.1) is 0 Å². The van der Waals surface area contributed by atoms with E-state index in [1.807, 2.05) is 19.9 Å². The first-order chi connectivity index (χ1) is 8.99. The molecule has 2 aromatic rings. The van der Waals surface area contributed by atoms with Crippen LogP contribution in [-0.4, -0.2) is 15.7 Å². The second-order valence-electron chi connectivity index (χ2n) is 4.15. The molecule has 3 nitrogen and oxygen atoms in total. The van der Waals surface area contributed by atoms with Crippen LogP contribution >= 0.6 is 23.2 Å². The molecule has 0 aliphatic rings. The fourth-order valence-corrected chi connectivity index (χ4v) is 2.27. The van der Waals surface area contributed by atoms with Crippen LogP contribution in [0, 0.1) is 13.8 Å². The van der Waals surface area contributed by atoms with Gasteiger partial charge in [-0.05, 0) is 38.1 Å². The van der Waals surface area contributed by atoms with E-state index in [9.17, 15) is 4.79 Å². The van der Waals surface area contributed by atoms with Crippen molar-refractivity contribution in [3.8, 4) is 0 Å². The van der Waals surface area contributed by atoms with E-state index in [1.165, 1.54) is 10.8 Å². The van der Waals surface area contributed by atoms with Crippen LogP contribution in [0.15, 0.2) is 30.3 Å². The lowest BCUT2D eigenvalue weighted by molar-refractivity contribution is 0.0952. The highest BCUT2D eigenvalue weighted by atomic mass is 35.5. The number of benzene rings is 1. The molecule has 0 saturated heterocycles. The van der Waals surface area contributed by atoms with E-state index in [1.54, 1.807) is 24.3 Å². The van der Waals surface area contributed by atoms with Crippen LogP contribution in [0.3, 0.4) is 0 Å². The van der Waals surface area contributed by atoms with Gasteiger partial charge in [0, 0.05) is 27.4 Å². The number of halogens is 2. The number of aryl methyl sites for hydroxylation is 2. The van der Waals surface area contributed by atoms with Gasteiger partial charge in [0.15, 0.2) is 0 Å². The molecule has 1 aromatic carbocycles. The van der Waals surface area contributed by atoms with Crippen LogP contribution in [0.1, 0.15) is 21.7 Å². The van der Waals surface area contributed by atoms with Crippen molar-refractivity contribution in [1.29, 1.82) is 0 Å². The van der Waals surface area contributed by atoms with E-state index < -0.39 is 0 Å². The minimum Gasteiger partial charge on any atom is -0.267 e. The summed E-state index contributed by atoms with van der Waals surface area (Å²) in [4.78, 5) is 12.0. The predicted octanol–water partition coefficient (Wildman–Crippen LogP) is 4.16. The molecule has 0 aliphatic carbocycles. The second-order valence-corrected chi connectivity index (χ2v) is 4.96. The van der Waals surface area contributed by atoms with Crippen molar-refractivity contribution in [2.24, 2.45) is 0 Å². The molecule has 0 amide bonds. The van der Waals surface area contributed by atoms with Crippen molar-refractivity contribution in [3.63, 3.8) is 0 Å². The van der Waals surface area contributed by atoms with E-state index in [2.05, 4.69) is 5.10 Å². The molecule has 1 aromatic heterocycles. The average molecular weight is 295 g/mol. The summed E-state index contributed by atoms with van der Waals surface area (Å²) in [6.45, 7) is 3.67. The standard InChI is InChI=1S/C14H12Cl2N2O/c1-9-8-10(2)18(17-9)14(19)7-6-11-12(15)4-3-5-13(11)16/h3-8H,1-2H3/b7-6+. The molecule has 5 heteroatoms. The fourth-order valence-electron chi connectivity index (χ4n) is 1.75. The summed E-state index contributed by atoms with van der Waals surface area (Å²) in [5.41, 5.74) is 2.22. The summed E-state index contributed by atoms with van der Waals surface area (Å²) in [6, 6.07) is 7.04. The number of carbonyl (C=O) groups is 1. The maximum Gasteiger partial charge on any atom is 0.271 e. The van der Waals surface area contributed by atoms with E-state index in [4.69, 9.17) is 23.2 Å². The zero-order valence-corrected chi connectivity index (χ0v) is 12.0. The summed E-state index contributed by atoms with van der Waals surface area (Å²) < 4.78 is 1.34. The van der Waals surface area contributed by atoms with Gasteiger partial charge >= 0.3 is 0 Å². The van der Waals surface area contributed by atoms with Crippen LogP contribution in [-0.2, 0) is 0 Å². The zero-order chi connectivity index (χ0) is 14.0. The van der Waals surface area contributed by atoms with E-state index in [0.29, 0.717) is 15.6 Å². The Hall–Kier alpha value is -1.58. The molecule has 0 radical (unpaired) electrons. The van der Waals surface area contributed by atoms with Crippen molar-refractivity contribution in [3.05, 3.63) is 57.3 Å². The van der Waals surface area contributed by atoms with Gasteiger partial charge in [0.25, 0.3) is 5.91 Å². The fraction of sp³-hybridized carbons (Fsp3) is 0.143. The molecular formula is C14H12Cl2N2O. The number of nitrogens with zero attached hydrogens (tertiary/aromatic N) is 2. The average Bonchev–Trinajstić information content (AvgIpc) is 2.67. The topological polar surface area (TPSA) is 34.9 Å². The maximum absolute atomic E-state index is 12.0. The lowest BCUT2D eigenvalue weighted by Crippen LogP contribution is -2.10. The number of allylic oxidation sites excluding steroid dienone is 1. The van der Waals surface area contributed by atoms with Gasteiger partial charge in [-0.3, -0.25) is 4.79 Å². The molecule has 0 spiro atoms. The summed E-state index contributed by atoms with van der Waals surface area (Å²) >= 11 is 12.0. The van der Waals surface area contributed by atoms with Crippen LogP contribution in [0.4, 0.5) is 0 Å². The number of rotatable bonds is 2. The SMILES string of the molecule is Cc1cc(C)n(C(=O)/C=C/c2c(Cl)cccc2Cl)n1. The van der Waals surface area contributed by atoms with Gasteiger partial charge in [-0.1, -0.05) is 29.3 Å². The first-order valence-corrected chi connectivity index (χ1v) is 6.44. The first kappa shape index (κ1) is 13.8. The highest BCUT2D eigenvalue weighted by Gasteiger charge is 2.07. The number of carbonyl (C=O) groups excluding carboxylic acids is 1. The molecule has 1 heterocycles. The summed E-state index contributed by atoms with van der Waals surface area (Å²) in [5.74, 6) is -0.235. The molecule has 0 bridgehead atoms. The van der Waals surface area contributed by atoms with Crippen molar-refractivity contribution >= 4 is 35.2 Å². The summed E-state index contributed by atoms with van der Waals surface area (Å²) in [5, 5.41) is 5.13. The first-order valence-electron chi connectivity index (χ1n) is 5.68. The van der Waals surface area contributed by atoms with E-state index in [-0.39, 0.29) is 5.91 Å². The Balaban J connectivity index is 2.28. The normalized spacial score (nSPS) is 11.2. The smallest absolute Gasteiger partial charge is 0.267 e. The van der Waals surface area contributed by atoms with Gasteiger partial charge in [0.1, 0.15) is 0 Å². The molecule has 0 unspecified atom stereocenters. The van der Waals surface area contributed by atoms with Crippen molar-refractivity contribution in [2.45, 2.75) is 13.8 Å². The Labute approximate surface area is 121 Å². The van der Waals surface area contributed by atoms with Gasteiger partial charge in [-0.25, -0.2) is 4.68 Å². The number of aromatic nitrogens is 2. The van der Waals surface area contributed by atoms with E-state index >= 15 is 0 Å². The molecule has 0 aliphatic heterocycles. The van der Waals surface area contributed by atoms with E-state index in [0.717, 1.165) is 11.4 Å². The third-order valence-corrected chi connectivity index (χ3v) is 3.27. The van der Waals surface area contributed by atoms with Crippen LogP contribution in [0.5, 0.6) is 0 Å². The Morgan fingerprint density at radius 3 is 2.42 bits per heavy atom. The molecule has 0 N–H and O–H groups in total. The zero-order valence-electron chi connectivity index (χ0n) is 10.5. The molecular weight excluding hydrogens is 283 g/mol. The second kappa shape index (κ2) is 5.59. The highest BCUT2D eigenvalue weighted by molar-refractivity contribution is 6.37. The number of hydrogen-bond donors (Lipinski definition) is 0. The Morgan fingerprint density at radius 1 is 1.26 bits per heavy atom. The minimum absolute atomic E-state index is 0.235. The van der Waals surface area contributed by atoms with Crippen LogP contribution in [0.2, 0.25) is 10.0 Å². The van der Waals surface area contributed by atoms with Gasteiger partial charge < -0.3 is 0 Å². The highest BCUT2D eigenvalue weighted by Crippen LogP contribution is 2.25. The summed E-state index contributed by atoms with van der Waals surface area (Å²) in [7, 11) is 0. The third-order valence-electron chi connectivity index (χ3n) is 2.61. The molecule has 0 saturated carbocycles. The van der Waals surface area contributed by atoms with Gasteiger partial charge in [0.2, 0.25) is 0 Å². The molecule has 0 fully saturated rings. The molecule has 19 heavy (non-hydrogen) atoms. The van der Waals surface area contributed by atoms with Gasteiger partial charge in [0.05, 0.1) is 5.69 Å². The minimum atomic E-state index is -0.235. The Bertz CT molecular complexity index is 639. The van der Waals surface area contributed by atoms with Crippen molar-refractivity contribution < 1.29 is 4.79 Å². The monoisotopic (exact) mass is 294 g/mol. The molecule has 98 valence electrons. The van der Waals surface area contributed by atoms with Crippen LogP contribution in [0.25, 0.3) is 6.08 Å². The lowest BCUT2D eigenvalue weighted by Gasteiger charge is -2.01. The molecule has 2 rings (SSSR count). The van der Waals surface area contributed by atoms with Crippen molar-refractivity contribution in [1.82, 2.24) is 9.78 Å². The Kier molecular flexibility index (Phi) is 4.08. The number of hydrogen-bond acceptors (Lipinski definition) is 2. The van der Waals surface area contributed by atoms with Crippen molar-refractivity contribution in [2.75, 3.05) is 0 Å². The maximum atomic E-state index is 12.0. The lowest BCUT2D eigenvalue weighted by atomic mass is 10.2.